The van der Waals surface area contributed by atoms with E-state index >= 15 is 0 Å². The number of benzene rings is 1. The predicted octanol–water partition coefficient (Wildman–Crippen LogP) is 1.95. The van der Waals surface area contributed by atoms with E-state index in [1.165, 1.54) is 6.07 Å². The van der Waals surface area contributed by atoms with E-state index in [2.05, 4.69) is 10.0 Å². The molecule has 2 rings (SSSR count). The molecule has 1 aromatic carbocycles. The van der Waals surface area contributed by atoms with Crippen molar-refractivity contribution in [1.29, 1.82) is 0 Å². The number of nitrogens with zero attached hydrogens (tertiary/aromatic N) is 1. The third-order valence-electron chi connectivity index (χ3n) is 3.41. The molecule has 0 aromatic heterocycles. The summed E-state index contributed by atoms with van der Waals surface area (Å²) in [6, 6.07) is 3.51. The Balaban J connectivity index is 0.00000242. The van der Waals surface area contributed by atoms with E-state index in [4.69, 9.17) is 11.6 Å². The average Bonchev–Trinajstić information content (AvgIpc) is 2.91. The Kier molecular flexibility index (Phi) is 7.01. The van der Waals surface area contributed by atoms with Gasteiger partial charge in [0.05, 0.1) is 4.92 Å². The van der Waals surface area contributed by atoms with Gasteiger partial charge < -0.3 is 5.32 Å². The van der Waals surface area contributed by atoms with Crippen molar-refractivity contribution in [3.63, 3.8) is 0 Å². The summed E-state index contributed by atoms with van der Waals surface area (Å²) in [5.74, 6) is 0.438. The Bertz CT molecular complexity index is 633. The number of nitro benzene ring substituents is 1. The molecule has 0 amide bonds. The molecular weight excluding hydrogens is 353 g/mol. The number of rotatable bonds is 6. The van der Waals surface area contributed by atoms with Crippen molar-refractivity contribution in [3.8, 4) is 0 Å². The molecule has 1 aliphatic rings. The van der Waals surface area contributed by atoms with Crippen molar-refractivity contribution in [3.05, 3.63) is 33.3 Å². The van der Waals surface area contributed by atoms with Crippen molar-refractivity contribution in [2.75, 3.05) is 19.6 Å². The van der Waals surface area contributed by atoms with Gasteiger partial charge in [0.15, 0.2) is 4.90 Å². The first-order valence-corrected chi connectivity index (χ1v) is 8.40. The summed E-state index contributed by atoms with van der Waals surface area (Å²) in [7, 11) is -3.92. The fourth-order valence-electron chi connectivity index (χ4n) is 2.30. The zero-order chi connectivity index (χ0) is 15.5. The van der Waals surface area contributed by atoms with Gasteiger partial charge in [-0.1, -0.05) is 11.6 Å². The molecule has 1 fully saturated rings. The molecule has 0 spiro atoms. The van der Waals surface area contributed by atoms with Crippen molar-refractivity contribution in [1.82, 2.24) is 10.0 Å². The van der Waals surface area contributed by atoms with Gasteiger partial charge in [-0.2, -0.15) is 0 Å². The molecule has 1 saturated heterocycles. The van der Waals surface area contributed by atoms with Crippen molar-refractivity contribution in [2.45, 2.75) is 17.7 Å². The zero-order valence-corrected chi connectivity index (χ0v) is 14.0. The van der Waals surface area contributed by atoms with Crippen LogP contribution in [-0.2, 0) is 10.0 Å². The van der Waals surface area contributed by atoms with Crippen LogP contribution in [0.15, 0.2) is 23.1 Å². The van der Waals surface area contributed by atoms with Crippen LogP contribution in [0.2, 0.25) is 5.02 Å². The van der Waals surface area contributed by atoms with E-state index in [0.717, 1.165) is 31.6 Å². The summed E-state index contributed by atoms with van der Waals surface area (Å²) < 4.78 is 26.8. The quantitative estimate of drug-likeness (QED) is 0.589. The standard InChI is InChI=1S/C12H16ClN3O4S.ClH/c13-10-1-2-12(11(7-10)16(17)18)21(19,20)15-6-4-9-3-5-14-8-9;/h1-2,7,9,14-15H,3-6,8H2;1H. The number of hydrogen-bond acceptors (Lipinski definition) is 5. The highest BCUT2D eigenvalue weighted by atomic mass is 35.5. The summed E-state index contributed by atoms with van der Waals surface area (Å²) in [5.41, 5.74) is -0.516. The third-order valence-corrected chi connectivity index (χ3v) is 5.16. The van der Waals surface area contributed by atoms with Crippen LogP contribution in [0.5, 0.6) is 0 Å². The first kappa shape index (κ1) is 19.1. The molecular formula is C12H17Cl2N3O4S. The lowest BCUT2D eigenvalue weighted by atomic mass is 10.1. The number of nitrogens with one attached hydrogen (secondary N) is 2. The zero-order valence-electron chi connectivity index (χ0n) is 11.6. The van der Waals surface area contributed by atoms with Crippen molar-refractivity contribution < 1.29 is 13.3 Å². The van der Waals surface area contributed by atoms with Crippen LogP contribution >= 0.6 is 24.0 Å². The van der Waals surface area contributed by atoms with Crippen LogP contribution in [0.25, 0.3) is 0 Å². The fourth-order valence-corrected chi connectivity index (χ4v) is 3.66. The molecule has 0 aliphatic carbocycles. The predicted molar refractivity (Wildman–Crippen MR) is 86.1 cm³/mol. The molecule has 1 heterocycles. The van der Waals surface area contributed by atoms with Crippen LogP contribution in [-0.4, -0.2) is 33.0 Å². The normalized spacial score (nSPS) is 18.0. The summed E-state index contributed by atoms with van der Waals surface area (Å²) in [4.78, 5) is 9.84. The van der Waals surface area contributed by atoms with E-state index < -0.39 is 20.6 Å². The molecule has 124 valence electrons. The lowest BCUT2D eigenvalue weighted by Crippen LogP contribution is -2.27. The Hall–Kier alpha value is -0.930. The smallest absolute Gasteiger partial charge is 0.290 e. The van der Waals surface area contributed by atoms with Crippen LogP contribution in [0, 0.1) is 16.0 Å². The summed E-state index contributed by atoms with van der Waals surface area (Å²) >= 11 is 5.67. The van der Waals surface area contributed by atoms with Crippen LogP contribution in [0.3, 0.4) is 0 Å². The molecule has 1 aliphatic heterocycles. The van der Waals surface area contributed by atoms with Gasteiger partial charge in [0.25, 0.3) is 5.69 Å². The maximum atomic E-state index is 12.2. The molecule has 0 saturated carbocycles. The van der Waals surface area contributed by atoms with Gasteiger partial charge in [-0.25, -0.2) is 13.1 Å². The van der Waals surface area contributed by atoms with E-state index in [-0.39, 0.29) is 28.9 Å². The van der Waals surface area contributed by atoms with Gasteiger partial charge in [-0.3, -0.25) is 10.1 Å². The summed E-state index contributed by atoms with van der Waals surface area (Å²) in [5, 5.41) is 14.3. The fraction of sp³-hybridized carbons (Fsp3) is 0.500. The first-order valence-electron chi connectivity index (χ1n) is 6.54. The third kappa shape index (κ3) is 4.79. The van der Waals surface area contributed by atoms with Gasteiger partial charge in [0, 0.05) is 17.6 Å². The van der Waals surface area contributed by atoms with Crippen LogP contribution in [0.4, 0.5) is 5.69 Å². The number of nitro groups is 1. The van der Waals surface area contributed by atoms with E-state index in [9.17, 15) is 18.5 Å². The Morgan fingerprint density at radius 3 is 2.77 bits per heavy atom. The number of sulfonamides is 1. The van der Waals surface area contributed by atoms with Gasteiger partial charge in [-0.15, -0.1) is 12.4 Å². The van der Waals surface area contributed by atoms with Gasteiger partial charge in [-0.05, 0) is 44.0 Å². The summed E-state index contributed by atoms with van der Waals surface area (Å²) in [6.45, 7) is 2.08. The van der Waals surface area contributed by atoms with Crippen molar-refractivity contribution >= 4 is 39.7 Å². The highest BCUT2D eigenvalue weighted by molar-refractivity contribution is 7.89. The molecule has 2 N–H and O–H groups in total. The van der Waals surface area contributed by atoms with Gasteiger partial charge in [0.2, 0.25) is 10.0 Å². The van der Waals surface area contributed by atoms with Gasteiger partial charge >= 0.3 is 0 Å². The van der Waals surface area contributed by atoms with Gasteiger partial charge in [0.1, 0.15) is 0 Å². The second-order valence-electron chi connectivity index (χ2n) is 4.91. The van der Waals surface area contributed by atoms with E-state index in [1.807, 2.05) is 0 Å². The molecule has 0 bridgehead atoms. The molecule has 1 unspecified atom stereocenters. The molecule has 0 radical (unpaired) electrons. The Morgan fingerprint density at radius 2 is 2.18 bits per heavy atom. The maximum absolute atomic E-state index is 12.2. The lowest BCUT2D eigenvalue weighted by Gasteiger charge is -2.10. The second-order valence-corrected chi connectivity index (χ2v) is 7.09. The topological polar surface area (TPSA) is 101 Å². The first-order chi connectivity index (χ1) is 9.90. The van der Waals surface area contributed by atoms with Crippen LogP contribution in [0.1, 0.15) is 12.8 Å². The Morgan fingerprint density at radius 1 is 1.45 bits per heavy atom. The molecule has 10 heteroatoms. The molecule has 7 nitrogen and oxygen atoms in total. The Labute approximate surface area is 140 Å². The monoisotopic (exact) mass is 369 g/mol. The minimum absolute atomic E-state index is 0. The van der Waals surface area contributed by atoms with Crippen molar-refractivity contribution in [2.24, 2.45) is 5.92 Å². The highest BCUT2D eigenvalue weighted by Crippen LogP contribution is 2.27. The van der Waals surface area contributed by atoms with E-state index in [1.54, 1.807) is 0 Å². The SMILES string of the molecule is Cl.O=[N+]([O-])c1cc(Cl)ccc1S(=O)(=O)NCCC1CCNC1. The maximum Gasteiger partial charge on any atom is 0.290 e. The summed E-state index contributed by atoms with van der Waals surface area (Å²) in [6.07, 6.45) is 1.72. The minimum Gasteiger partial charge on any atom is -0.316 e. The largest absolute Gasteiger partial charge is 0.316 e. The second kappa shape index (κ2) is 8.07. The molecule has 22 heavy (non-hydrogen) atoms. The number of hydrogen-bond donors (Lipinski definition) is 2. The molecule has 1 atom stereocenters. The molecule has 1 aromatic rings. The van der Waals surface area contributed by atoms with Crippen LogP contribution < -0.4 is 10.0 Å². The highest BCUT2D eigenvalue weighted by Gasteiger charge is 2.26. The lowest BCUT2D eigenvalue weighted by molar-refractivity contribution is -0.387. The minimum atomic E-state index is -3.92. The van der Waals surface area contributed by atoms with E-state index in [0.29, 0.717) is 12.3 Å². The average molecular weight is 370 g/mol. The number of halogens is 2.